The number of aliphatic hydroxyl groups excluding tert-OH is 5. The van der Waals surface area contributed by atoms with Crippen molar-refractivity contribution in [3.05, 3.63) is 0 Å². The molecule has 13 heavy (non-hydrogen) atoms. The van der Waals surface area contributed by atoms with Crippen molar-refractivity contribution in [1.29, 1.82) is 0 Å². The highest BCUT2D eigenvalue weighted by Gasteiger charge is 2.43. The highest BCUT2D eigenvalue weighted by Crippen LogP contribution is 2.16. The monoisotopic (exact) mass is 193 g/mol. The van der Waals surface area contributed by atoms with E-state index in [1.807, 2.05) is 0 Å². The third-order valence-electron chi connectivity index (χ3n) is 2.33. The lowest BCUT2D eigenvalue weighted by atomic mass is 10.0. The van der Waals surface area contributed by atoms with Crippen molar-refractivity contribution >= 4 is 0 Å². The fourth-order valence-electron chi connectivity index (χ4n) is 1.51. The van der Waals surface area contributed by atoms with E-state index in [-0.39, 0.29) is 6.61 Å². The van der Waals surface area contributed by atoms with Crippen LogP contribution in [0.15, 0.2) is 0 Å². The number of hydrogen-bond acceptors (Lipinski definition) is 6. The molecular formula is C7H15NO5. The lowest BCUT2D eigenvalue weighted by Gasteiger charge is -2.19. The Bertz CT molecular complexity index is 167. The van der Waals surface area contributed by atoms with Crippen molar-refractivity contribution in [2.75, 3.05) is 13.2 Å². The molecular weight excluding hydrogens is 178 g/mol. The molecule has 1 saturated heterocycles. The first kappa shape index (κ1) is 10.8. The molecule has 5 atom stereocenters. The summed E-state index contributed by atoms with van der Waals surface area (Å²) in [6.07, 6.45) is -3.42. The lowest BCUT2D eigenvalue weighted by molar-refractivity contribution is -0.0150. The molecule has 1 heterocycles. The third-order valence-corrected chi connectivity index (χ3v) is 2.33. The number of aliphatic hydroxyl groups is 5. The van der Waals surface area contributed by atoms with E-state index in [0.29, 0.717) is 0 Å². The van der Waals surface area contributed by atoms with Gasteiger partial charge in [0.05, 0.1) is 43.6 Å². The van der Waals surface area contributed by atoms with Gasteiger partial charge in [-0.3, -0.25) is 0 Å². The van der Waals surface area contributed by atoms with Gasteiger partial charge in [0.1, 0.15) is 0 Å². The predicted molar refractivity (Wildman–Crippen MR) is 42.9 cm³/mol. The SMILES string of the molecule is OC[C@@H]1N[C@H]([C@@H](O)CO)[C@H](O)[C@@H]1O. The molecule has 6 nitrogen and oxygen atoms in total. The first-order chi connectivity index (χ1) is 6.11. The second kappa shape index (κ2) is 4.32. The standard InChI is InChI=1S/C7H15NO5/c9-1-3-6(12)7(13)5(8-3)4(11)2-10/h3-13H,1-2H2/t3-,4-,5+,6+,7-/m0/s1. The van der Waals surface area contributed by atoms with Gasteiger partial charge in [-0.25, -0.2) is 0 Å². The van der Waals surface area contributed by atoms with Crippen LogP contribution < -0.4 is 5.32 Å². The van der Waals surface area contributed by atoms with Crippen molar-refractivity contribution in [1.82, 2.24) is 5.32 Å². The molecule has 0 saturated carbocycles. The summed E-state index contributed by atoms with van der Waals surface area (Å²) >= 11 is 0. The van der Waals surface area contributed by atoms with Crippen molar-refractivity contribution < 1.29 is 25.5 Å². The van der Waals surface area contributed by atoms with E-state index >= 15 is 0 Å². The molecule has 6 heteroatoms. The minimum atomic E-state index is -1.17. The second-order valence-corrected chi connectivity index (χ2v) is 3.21. The smallest absolute Gasteiger partial charge is 0.0994 e. The van der Waals surface area contributed by atoms with Crippen LogP contribution in [-0.2, 0) is 0 Å². The minimum absolute atomic E-state index is 0.327. The molecule has 1 aliphatic heterocycles. The average Bonchev–Trinajstić information content (AvgIpc) is 2.43. The number of nitrogens with one attached hydrogen (secondary N) is 1. The normalized spacial score (nSPS) is 42.2. The molecule has 0 amide bonds. The molecule has 0 bridgehead atoms. The topological polar surface area (TPSA) is 113 Å². The summed E-state index contributed by atoms with van der Waals surface area (Å²) in [7, 11) is 0. The van der Waals surface area contributed by atoms with E-state index in [1.54, 1.807) is 0 Å². The second-order valence-electron chi connectivity index (χ2n) is 3.21. The van der Waals surface area contributed by atoms with Crippen molar-refractivity contribution in [2.45, 2.75) is 30.4 Å². The fourth-order valence-corrected chi connectivity index (χ4v) is 1.51. The van der Waals surface area contributed by atoms with Crippen molar-refractivity contribution in [3.8, 4) is 0 Å². The summed E-state index contributed by atoms with van der Waals surface area (Å²) in [5.74, 6) is 0. The molecule has 0 spiro atoms. The maximum atomic E-state index is 9.37. The predicted octanol–water partition coefficient (Wildman–Crippen LogP) is -3.61. The average molecular weight is 193 g/mol. The first-order valence-corrected chi connectivity index (χ1v) is 4.13. The molecule has 1 rings (SSSR count). The Kier molecular flexibility index (Phi) is 3.60. The first-order valence-electron chi connectivity index (χ1n) is 4.13. The fraction of sp³-hybridized carbons (Fsp3) is 1.00. The Morgan fingerprint density at radius 3 is 2.15 bits per heavy atom. The maximum Gasteiger partial charge on any atom is 0.0994 e. The van der Waals surface area contributed by atoms with Gasteiger partial charge < -0.3 is 30.8 Å². The van der Waals surface area contributed by atoms with Crippen LogP contribution >= 0.6 is 0 Å². The van der Waals surface area contributed by atoms with Crippen LogP contribution in [-0.4, -0.2) is 69.1 Å². The summed E-state index contributed by atoms with van der Waals surface area (Å²) in [5, 5.41) is 47.9. The van der Waals surface area contributed by atoms with Gasteiger partial charge in [0.25, 0.3) is 0 Å². The van der Waals surface area contributed by atoms with Crippen LogP contribution in [0.1, 0.15) is 0 Å². The van der Waals surface area contributed by atoms with Gasteiger partial charge >= 0.3 is 0 Å². The van der Waals surface area contributed by atoms with Gasteiger partial charge in [-0.15, -0.1) is 0 Å². The minimum Gasteiger partial charge on any atom is -0.395 e. The Morgan fingerprint density at radius 1 is 1.15 bits per heavy atom. The Balaban J connectivity index is 2.60. The molecule has 1 fully saturated rings. The van der Waals surface area contributed by atoms with E-state index in [2.05, 4.69) is 5.32 Å². The molecule has 1 aliphatic rings. The van der Waals surface area contributed by atoms with E-state index in [4.69, 9.17) is 10.2 Å². The molecule has 0 aliphatic carbocycles. The maximum absolute atomic E-state index is 9.37. The van der Waals surface area contributed by atoms with Crippen LogP contribution in [0, 0.1) is 0 Å². The van der Waals surface area contributed by atoms with Crippen LogP contribution in [0.4, 0.5) is 0 Å². The van der Waals surface area contributed by atoms with E-state index in [9.17, 15) is 15.3 Å². The molecule has 0 aromatic carbocycles. The summed E-state index contributed by atoms with van der Waals surface area (Å²) in [6.45, 7) is -0.827. The largest absolute Gasteiger partial charge is 0.395 e. The van der Waals surface area contributed by atoms with Crippen molar-refractivity contribution in [2.24, 2.45) is 0 Å². The summed E-state index contributed by atoms with van der Waals surface area (Å²) in [5.41, 5.74) is 0. The van der Waals surface area contributed by atoms with Gasteiger partial charge in [0, 0.05) is 0 Å². The van der Waals surface area contributed by atoms with E-state index < -0.39 is 37.0 Å². The van der Waals surface area contributed by atoms with Gasteiger partial charge in [0.15, 0.2) is 0 Å². The summed E-state index contributed by atoms with van der Waals surface area (Å²) in [6, 6.07) is -1.45. The molecule has 78 valence electrons. The number of hydrogen-bond donors (Lipinski definition) is 6. The van der Waals surface area contributed by atoms with Crippen molar-refractivity contribution in [3.63, 3.8) is 0 Å². The van der Waals surface area contributed by atoms with Crippen LogP contribution in [0.25, 0.3) is 0 Å². The van der Waals surface area contributed by atoms with Gasteiger partial charge in [-0.1, -0.05) is 0 Å². The molecule has 0 unspecified atom stereocenters. The highest BCUT2D eigenvalue weighted by atomic mass is 16.3. The summed E-state index contributed by atoms with van der Waals surface area (Å²) in [4.78, 5) is 0. The zero-order valence-electron chi connectivity index (χ0n) is 7.04. The van der Waals surface area contributed by atoms with Gasteiger partial charge in [0.2, 0.25) is 0 Å². The third kappa shape index (κ3) is 1.98. The Hall–Kier alpha value is -0.240. The number of rotatable bonds is 3. The van der Waals surface area contributed by atoms with Crippen LogP contribution in [0.3, 0.4) is 0 Å². The van der Waals surface area contributed by atoms with Gasteiger partial charge in [-0.2, -0.15) is 0 Å². The van der Waals surface area contributed by atoms with E-state index in [1.165, 1.54) is 0 Å². The Morgan fingerprint density at radius 2 is 1.77 bits per heavy atom. The van der Waals surface area contributed by atoms with Crippen LogP contribution in [0.5, 0.6) is 0 Å². The van der Waals surface area contributed by atoms with Gasteiger partial charge in [-0.05, 0) is 0 Å². The highest BCUT2D eigenvalue weighted by molar-refractivity contribution is 5.00. The van der Waals surface area contributed by atoms with Crippen LogP contribution in [0.2, 0.25) is 0 Å². The van der Waals surface area contributed by atoms with E-state index in [0.717, 1.165) is 0 Å². The quantitative estimate of drug-likeness (QED) is 0.276. The summed E-state index contributed by atoms with van der Waals surface area (Å²) < 4.78 is 0. The molecule has 0 aromatic heterocycles. The molecule has 6 N–H and O–H groups in total. The lowest BCUT2D eigenvalue weighted by Crippen LogP contribution is -2.45. The zero-order valence-corrected chi connectivity index (χ0v) is 7.04. The molecule has 0 aromatic rings. The molecule has 0 radical (unpaired) electrons. The Labute approximate surface area is 75.4 Å². The zero-order chi connectivity index (χ0) is 10.0.